The summed E-state index contributed by atoms with van der Waals surface area (Å²) in [5, 5.41) is 13.8. The van der Waals surface area contributed by atoms with Crippen LogP contribution in [0.1, 0.15) is 24.8 Å². The summed E-state index contributed by atoms with van der Waals surface area (Å²) >= 11 is 0. The molecule has 0 aliphatic carbocycles. The molecule has 0 heterocycles. The minimum Gasteiger partial charge on any atom is -0.481 e. The Morgan fingerprint density at radius 3 is 1.81 bits per heavy atom. The van der Waals surface area contributed by atoms with E-state index in [2.05, 4.69) is 47.0 Å². The molecule has 186 valence electrons. The van der Waals surface area contributed by atoms with Gasteiger partial charge < -0.3 is 21.5 Å². The molecule has 8 heteroatoms. The van der Waals surface area contributed by atoms with Crippen LogP contribution in [0, 0.1) is 0 Å². The molecule has 36 heavy (non-hydrogen) atoms. The van der Waals surface area contributed by atoms with Crippen molar-refractivity contribution in [3.05, 3.63) is 84.4 Å². The smallest absolute Gasteiger partial charge is 0.303 e. The van der Waals surface area contributed by atoms with Crippen LogP contribution in [-0.2, 0) is 25.6 Å². The second-order valence-corrected chi connectivity index (χ2v) is 8.38. The van der Waals surface area contributed by atoms with Crippen LogP contribution in [0.4, 0.5) is 0 Å². The fraction of sp³-hybridized carbons (Fsp3) is 0.214. The molecule has 0 radical (unpaired) electrons. The average molecular weight is 488 g/mol. The number of carbonyl (C=O) groups excluding carboxylic acids is 3. The standard InChI is InChI=1S/C28H29N3O5/c29-25(32)18-30-28(36)24(15-17-27(34)35)31-26(33)16-8-19-6-9-21(10-7-19)23-13-11-22(12-14-23)20-4-2-1-3-5-20/h1-7,9-14,24H,8,15-18H2,(H2,29,32)(H,30,36)(H,31,33)(H,34,35)/t24-/m0/s1. The van der Waals surface area contributed by atoms with Crippen LogP contribution in [0.25, 0.3) is 22.3 Å². The van der Waals surface area contributed by atoms with Crippen molar-refractivity contribution >= 4 is 23.7 Å². The number of carbonyl (C=O) groups is 4. The van der Waals surface area contributed by atoms with Gasteiger partial charge >= 0.3 is 5.97 Å². The Hall–Kier alpha value is -4.46. The van der Waals surface area contributed by atoms with Gasteiger partial charge in [0.05, 0.1) is 6.54 Å². The lowest BCUT2D eigenvalue weighted by atomic mass is 9.99. The van der Waals surface area contributed by atoms with Gasteiger partial charge in [-0.1, -0.05) is 78.9 Å². The van der Waals surface area contributed by atoms with E-state index >= 15 is 0 Å². The third kappa shape index (κ3) is 8.09. The van der Waals surface area contributed by atoms with Crippen molar-refractivity contribution in [3.8, 4) is 22.3 Å². The SMILES string of the molecule is NC(=O)CNC(=O)[C@H](CCC(=O)O)NC(=O)CCc1ccc(-c2ccc(-c3ccccc3)cc2)cc1. The lowest BCUT2D eigenvalue weighted by Gasteiger charge is -2.17. The molecule has 3 aromatic rings. The normalized spacial score (nSPS) is 11.3. The van der Waals surface area contributed by atoms with Crippen molar-refractivity contribution in [2.75, 3.05) is 6.54 Å². The average Bonchev–Trinajstić information content (AvgIpc) is 2.89. The highest BCUT2D eigenvalue weighted by Gasteiger charge is 2.21. The number of carboxylic acids is 1. The minimum absolute atomic E-state index is 0.0938. The molecular weight excluding hydrogens is 458 g/mol. The molecule has 0 fully saturated rings. The Balaban J connectivity index is 1.55. The predicted molar refractivity (Wildman–Crippen MR) is 137 cm³/mol. The van der Waals surface area contributed by atoms with Crippen molar-refractivity contribution in [1.29, 1.82) is 0 Å². The largest absolute Gasteiger partial charge is 0.481 e. The summed E-state index contributed by atoms with van der Waals surface area (Å²) in [5.41, 5.74) is 10.4. The zero-order chi connectivity index (χ0) is 25.9. The van der Waals surface area contributed by atoms with Gasteiger partial charge in [0.15, 0.2) is 0 Å². The monoisotopic (exact) mass is 487 g/mol. The van der Waals surface area contributed by atoms with E-state index < -0.39 is 23.8 Å². The predicted octanol–water partition coefficient (Wildman–Crippen LogP) is 2.90. The molecule has 1 atom stereocenters. The Kier molecular flexibility index (Phi) is 9.33. The number of nitrogens with two attached hydrogens (primary N) is 1. The molecule has 3 aromatic carbocycles. The molecule has 0 aromatic heterocycles. The van der Waals surface area contributed by atoms with Crippen LogP contribution in [-0.4, -0.2) is 41.4 Å². The number of carboxylic acid groups (broad SMARTS) is 1. The van der Waals surface area contributed by atoms with E-state index in [4.69, 9.17) is 10.8 Å². The van der Waals surface area contributed by atoms with Gasteiger partial charge in [0.25, 0.3) is 0 Å². The first-order valence-electron chi connectivity index (χ1n) is 11.6. The maximum Gasteiger partial charge on any atom is 0.303 e. The third-order valence-corrected chi connectivity index (χ3v) is 5.66. The highest BCUT2D eigenvalue weighted by molar-refractivity contribution is 5.90. The molecule has 3 amide bonds. The Morgan fingerprint density at radius 2 is 1.28 bits per heavy atom. The number of hydrogen-bond acceptors (Lipinski definition) is 4. The zero-order valence-corrected chi connectivity index (χ0v) is 19.8. The molecule has 0 spiro atoms. The molecule has 3 rings (SSSR count). The van der Waals surface area contributed by atoms with Crippen LogP contribution >= 0.6 is 0 Å². The second kappa shape index (κ2) is 12.9. The van der Waals surface area contributed by atoms with E-state index in [9.17, 15) is 19.2 Å². The number of aryl methyl sites for hydroxylation is 1. The summed E-state index contributed by atoms with van der Waals surface area (Å²) in [7, 11) is 0. The molecule has 0 saturated carbocycles. The van der Waals surface area contributed by atoms with E-state index in [1.165, 1.54) is 0 Å². The highest BCUT2D eigenvalue weighted by Crippen LogP contribution is 2.25. The van der Waals surface area contributed by atoms with E-state index in [1.54, 1.807) is 0 Å². The molecule has 0 aliphatic heterocycles. The van der Waals surface area contributed by atoms with E-state index in [0.717, 1.165) is 27.8 Å². The van der Waals surface area contributed by atoms with Crippen molar-refractivity contribution in [3.63, 3.8) is 0 Å². The van der Waals surface area contributed by atoms with Crippen molar-refractivity contribution in [2.24, 2.45) is 5.73 Å². The number of hydrogen-bond donors (Lipinski definition) is 4. The van der Waals surface area contributed by atoms with Crippen LogP contribution in [0.2, 0.25) is 0 Å². The lowest BCUT2D eigenvalue weighted by Crippen LogP contribution is -2.48. The third-order valence-electron chi connectivity index (χ3n) is 5.66. The first kappa shape index (κ1) is 26.2. The Morgan fingerprint density at radius 1 is 0.750 bits per heavy atom. The van der Waals surface area contributed by atoms with E-state index in [-0.39, 0.29) is 31.7 Å². The summed E-state index contributed by atoms with van der Waals surface area (Å²) < 4.78 is 0. The molecule has 0 saturated heterocycles. The van der Waals surface area contributed by atoms with Crippen molar-refractivity contribution < 1.29 is 24.3 Å². The highest BCUT2D eigenvalue weighted by atomic mass is 16.4. The van der Waals surface area contributed by atoms with Crippen LogP contribution in [0.5, 0.6) is 0 Å². The maximum absolute atomic E-state index is 12.4. The lowest BCUT2D eigenvalue weighted by molar-refractivity contribution is -0.138. The minimum atomic E-state index is -1.09. The van der Waals surface area contributed by atoms with Gasteiger partial charge in [-0.15, -0.1) is 0 Å². The number of aliphatic carboxylic acids is 1. The van der Waals surface area contributed by atoms with Crippen molar-refractivity contribution in [1.82, 2.24) is 10.6 Å². The zero-order valence-electron chi connectivity index (χ0n) is 19.8. The number of benzene rings is 3. The number of amides is 3. The summed E-state index contributed by atoms with van der Waals surface area (Å²) in [6, 6.07) is 25.3. The summed E-state index contributed by atoms with van der Waals surface area (Å²) in [6.45, 7) is -0.389. The molecular formula is C28H29N3O5. The van der Waals surface area contributed by atoms with E-state index in [0.29, 0.717) is 6.42 Å². The number of primary amides is 1. The van der Waals surface area contributed by atoms with Crippen LogP contribution in [0.15, 0.2) is 78.9 Å². The molecule has 5 N–H and O–H groups in total. The van der Waals surface area contributed by atoms with Crippen LogP contribution in [0.3, 0.4) is 0 Å². The number of rotatable bonds is 12. The van der Waals surface area contributed by atoms with Gasteiger partial charge in [0, 0.05) is 12.8 Å². The molecule has 0 aliphatic rings. The van der Waals surface area contributed by atoms with Gasteiger partial charge in [-0.25, -0.2) is 0 Å². The Labute approximate surface area is 209 Å². The second-order valence-electron chi connectivity index (χ2n) is 8.38. The summed E-state index contributed by atoms with van der Waals surface area (Å²) in [6.07, 6.45) is 0.178. The van der Waals surface area contributed by atoms with E-state index in [1.807, 2.05) is 42.5 Å². The van der Waals surface area contributed by atoms with Gasteiger partial charge in [-0.2, -0.15) is 0 Å². The first-order chi connectivity index (χ1) is 17.3. The number of nitrogens with one attached hydrogen (secondary N) is 2. The Bertz CT molecular complexity index is 1190. The van der Waals surface area contributed by atoms with Crippen LogP contribution < -0.4 is 16.4 Å². The topological polar surface area (TPSA) is 139 Å². The van der Waals surface area contributed by atoms with Gasteiger partial charge in [-0.3, -0.25) is 19.2 Å². The van der Waals surface area contributed by atoms with Crippen molar-refractivity contribution in [2.45, 2.75) is 31.7 Å². The fourth-order valence-electron chi connectivity index (χ4n) is 3.71. The fourth-order valence-corrected chi connectivity index (χ4v) is 3.71. The molecule has 0 unspecified atom stereocenters. The van der Waals surface area contributed by atoms with Gasteiger partial charge in [-0.05, 0) is 40.7 Å². The summed E-state index contributed by atoms with van der Waals surface area (Å²) in [4.78, 5) is 46.4. The van der Waals surface area contributed by atoms with Gasteiger partial charge in [0.1, 0.15) is 6.04 Å². The summed E-state index contributed by atoms with van der Waals surface area (Å²) in [5.74, 6) is -2.86. The maximum atomic E-state index is 12.4. The van der Waals surface area contributed by atoms with Gasteiger partial charge in [0.2, 0.25) is 17.7 Å². The quantitative estimate of drug-likeness (QED) is 0.311. The molecule has 8 nitrogen and oxygen atoms in total. The molecule has 0 bridgehead atoms. The first-order valence-corrected chi connectivity index (χ1v) is 11.6.